The molecule has 0 atom stereocenters. The maximum atomic E-state index is 10.4. The van der Waals surface area contributed by atoms with E-state index in [1.165, 1.54) is 19.3 Å². The highest BCUT2D eigenvalue weighted by atomic mass is 16.2. The number of rotatable bonds is 10. The minimum atomic E-state index is -0.452. The predicted molar refractivity (Wildman–Crippen MR) is 67.5 cm³/mol. The molecule has 6 nitrogen and oxygen atoms in total. The topological polar surface area (TPSA) is 110 Å². The minimum absolute atomic E-state index is 0.452. The fraction of sp³-hybridized carbons (Fsp3) is 0.818. The van der Waals surface area contributed by atoms with Crippen molar-refractivity contribution in [2.45, 2.75) is 44.9 Å². The molecule has 4 amide bonds. The van der Waals surface area contributed by atoms with E-state index in [4.69, 9.17) is 11.5 Å². The van der Waals surface area contributed by atoms with Crippen LogP contribution in [0.15, 0.2) is 0 Å². The van der Waals surface area contributed by atoms with Gasteiger partial charge in [-0.05, 0) is 12.8 Å². The zero-order chi connectivity index (χ0) is 12.9. The summed E-state index contributed by atoms with van der Waals surface area (Å²) in [5, 5.41) is 5.12. The molecule has 6 N–H and O–H groups in total. The smallest absolute Gasteiger partial charge is 0.312 e. The Kier molecular flexibility index (Phi) is 10.1. The van der Waals surface area contributed by atoms with Gasteiger partial charge in [-0.3, -0.25) is 0 Å². The molecular formula is C11H24N4O2. The lowest BCUT2D eigenvalue weighted by molar-refractivity contribution is 0.248. The van der Waals surface area contributed by atoms with E-state index in [0.29, 0.717) is 13.1 Å². The van der Waals surface area contributed by atoms with Crippen molar-refractivity contribution in [3.05, 3.63) is 0 Å². The Morgan fingerprint density at radius 1 is 0.647 bits per heavy atom. The molecule has 0 aliphatic rings. The number of urea groups is 2. The molecule has 0 unspecified atom stereocenters. The highest BCUT2D eigenvalue weighted by Crippen LogP contribution is 2.06. The molecule has 17 heavy (non-hydrogen) atoms. The average Bonchev–Trinajstić information content (AvgIpc) is 2.25. The van der Waals surface area contributed by atoms with Crippen molar-refractivity contribution in [2.24, 2.45) is 11.5 Å². The monoisotopic (exact) mass is 244 g/mol. The third kappa shape index (κ3) is 14.5. The summed E-state index contributed by atoms with van der Waals surface area (Å²) in [6, 6.07) is -0.904. The van der Waals surface area contributed by atoms with Crippen LogP contribution in [0.1, 0.15) is 44.9 Å². The molecule has 0 bridgehead atoms. The number of carbonyl (C=O) groups is 2. The van der Waals surface area contributed by atoms with Crippen molar-refractivity contribution in [1.29, 1.82) is 0 Å². The van der Waals surface area contributed by atoms with Crippen LogP contribution in [0.25, 0.3) is 0 Å². The largest absolute Gasteiger partial charge is 0.352 e. The summed E-state index contributed by atoms with van der Waals surface area (Å²) in [5.41, 5.74) is 9.87. The van der Waals surface area contributed by atoms with E-state index < -0.39 is 12.1 Å². The molecule has 0 radical (unpaired) electrons. The summed E-state index contributed by atoms with van der Waals surface area (Å²) < 4.78 is 0. The van der Waals surface area contributed by atoms with Gasteiger partial charge >= 0.3 is 12.1 Å². The van der Waals surface area contributed by atoms with Crippen LogP contribution in [-0.2, 0) is 0 Å². The van der Waals surface area contributed by atoms with Gasteiger partial charge in [-0.25, -0.2) is 9.59 Å². The van der Waals surface area contributed by atoms with Gasteiger partial charge in [-0.15, -0.1) is 0 Å². The molecule has 0 fully saturated rings. The lowest BCUT2D eigenvalue weighted by atomic mass is 10.1. The van der Waals surface area contributed by atoms with E-state index in [1.807, 2.05) is 0 Å². The van der Waals surface area contributed by atoms with Crippen molar-refractivity contribution >= 4 is 12.1 Å². The molecule has 6 heteroatoms. The number of unbranched alkanes of at least 4 members (excludes halogenated alkanes) is 6. The van der Waals surface area contributed by atoms with E-state index in [0.717, 1.165) is 25.7 Å². The first kappa shape index (κ1) is 15.5. The van der Waals surface area contributed by atoms with Gasteiger partial charge in [0.15, 0.2) is 0 Å². The van der Waals surface area contributed by atoms with E-state index in [1.54, 1.807) is 0 Å². The first-order chi connectivity index (χ1) is 8.13. The SMILES string of the molecule is NC(=O)NCCCCCCCCCNC(N)=O. The van der Waals surface area contributed by atoms with E-state index in [-0.39, 0.29) is 0 Å². The second-order valence-electron chi connectivity index (χ2n) is 4.06. The third-order valence-corrected chi connectivity index (χ3v) is 2.45. The molecule has 0 aliphatic heterocycles. The van der Waals surface area contributed by atoms with Crippen LogP contribution >= 0.6 is 0 Å². The molecule has 0 aromatic rings. The maximum Gasteiger partial charge on any atom is 0.312 e. The highest BCUT2D eigenvalue weighted by Gasteiger charge is 1.94. The fourth-order valence-electron chi connectivity index (χ4n) is 1.56. The maximum absolute atomic E-state index is 10.4. The van der Waals surface area contributed by atoms with Crippen molar-refractivity contribution in [1.82, 2.24) is 10.6 Å². The molecular weight excluding hydrogens is 220 g/mol. The van der Waals surface area contributed by atoms with Crippen LogP contribution in [0.3, 0.4) is 0 Å². The summed E-state index contributed by atoms with van der Waals surface area (Å²) in [6.45, 7) is 1.33. The zero-order valence-electron chi connectivity index (χ0n) is 10.3. The molecule has 0 aliphatic carbocycles. The Bertz CT molecular complexity index is 200. The number of carbonyl (C=O) groups excluding carboxylic acids is 2. The average molecular weight is 244 g/mol. The molecule has 0 rings (SSSR count). The Balaban J connectivity index is 2.98. The normalized spacial score (nSPS) is 9.88. The van der Waals surface area contributed by atoms with Gasteiger partial charge in [0.05, 0.1) is 0 Å². The van der Waals surface area contributed by atoms with Crippen molar-refractivity contribution < 1.29 is 9.59 Å². The zero-order valence-corrected chi connectivity index (χ0v) is 10.3. The van der Waals surface area contributed by atoms with Gasteiger partial charge in [0, 0.05) is 13.1 Å². The lowest BCUT2D eigenvalue weighted by Gasteiger charge is -2.03. The van der Waals surface area contributed by atoms with Crippen LogP contribution < -0.4 is 22.1 Å². The third-order valence-electron chi connectivity index (χ3n) is 2.45. The Morgan fingerprint density at radius 2 is 0.941 bits per heavy atom. The molecule has 100 valence electrons. The number of nitrogens with one attached hydrogen (secondary N) is 2. The fourth-order valence-corrected chi connectivity index (χ4v) is 1.56. The van der Waals surface area contributed by atoms with Crippen LogP contribution in [-0.4, -0.2) is 25.2 Å². The van der Waals surface area contributed by atoms with Gasteiger partial charge in [0.25, 0.3) is 0 Å². The molecule has 0 spiro atoms. The standard InChI is InChI=1S/C11H24N4O2/c12-10(16)14-8-6-4-2-1-3-5-7-9-15-11(13)17/h1-9H2,(H3,12,14,16)(H3,13,15,17). The molecule has 0 saturated heterocycles. The predicted octanol–water partition coefficient (Wildman–Crippen LogP) is 1.05. The second-order valence-corrected chi connectivity index (χ2v) is 4.06. The van der Waals surface area contributed by atoms with E-state index in [9.17, 15) is 9.59 Å². The Morgan fingerprint density at radius 3 is 1.24 bits per heavy atom. The first-order valence-corrected chi connectivity index (χ1v) is 6.19. The van der Waals surface area contributed by atoms with Crippen molar-refractivity contribution in [3.63, 3.8) is 0 Å². The number of amides is 4. The molecule has 0 aromatic carbocycles. The van der Waals surface area contributed by atoms with Gasteiger partial charge in [-0.1, -0.05) is 32.1 Å². The number of hydrogen-bond acceptors (Lipinski definition) is 2. The summed E-state index contributed by atoms with van der Waals surface area (Å²) in [4.78, 5) is 20.7. The molecule has 0 saturated carbocycles. The van der Waals surface area contributed by atoms with Gasteiger partial charge in [0.2, 0.25) is 0 Å². The summed E-state index contributed by atoms with van der Waals surface area (Å²) in [7, 11) is 0. The van der Waals surface area contributed by atoms with E-state index in [2.05, 4.69) is 10.6 Å². The quantitative estimate of drug-likeness (QED) is 0.431. The Hall–Kier alpha value is -1.46. The summed E-state index contributed by atoms with van der Waals surface area (Å²) in [6.07, 6.45) is 7.71. The minimum Gasteiger partial charge on any atom is -0.352 e. The molecule has 0 heterocycles. The van der Waals surface area contributed by atoms with Crippen molar-refractivity contribution in [3.8, 4) is 0 Å². The van der Waals surface area contributed by atoms with Gasteiger partial charge in [-0.2, -0.15) is 0 Å². The van der Waals surface area contributed by atoms with Crippen LogP contribution in [0.4, 0.5) is 9.59 Å². The van der Waals surface area contributed by atoms with Crippen molar-refractivity contribution in [2.75, 3.05) is 13.1 Å². The van der Waals surface area contributed by atoms with Gasteiger partial charge in [0.1, 0.15) is 0 Å². The van der Waals surface area contributed by atoms with Crippen LogP contribution in [0.2, 0.25) is 0 Å². The van der Waals surface area contributed by atoms with E-state index >= 15 is 0 Å². The highest BCUT2D eigenvalue weighted by molar-refractivity contribution is 5.71. The number of hydrogen-bond donors (Lipinski definition) is 4. The van der Waals surface area contributed by atoms with Crippen LogP contribution in [0, 0.1) is 0 Å². The molecule has 0 aromatic heterocycles. The van der Waals surface area contributed by atoms with Crippen LogP contribution in [0.5, 0.6) is 0 Å². The summed E-state index contributed by atoms with van der Waals surface area (Å²) >= 11 is 0. The second kappa shape index (κ2) is 11.0. The van der Waals surface area contributed by atoms with Gasteiger partial charge < -0.3 is 22.1 Å². The number of primary amides is 2. The number of nitrogens with two attached hydrogens (primary N) is 2. The summed E-state index contributed by atoms with van der Waals surface area (Å²) in [5.74, 6) is 0. The lowest BCUT2D eigenvalue weighted by Crippen LogP contribution is -2.30. The first-order valence-electron chi connectivity index (χ1n) is 6.19. The Labute approximate surface area is 102 Å².